The van der Waals surface area contributed by atoms with Crippen molar-refractivity contribution in [1.29, 1.82) is 0 Å². The van der Waals surface area contributed by atoms with E-state index in [0.717, 1.165) is 45.2 Å². The lowest BCUT2D eigenvalue weighted by molar-refractivity contribution is -0.146. The normalized spacial score (nSPS) is 12.3. The zero-order chi connectivity index (χ0) is 13.9. The summed E-state index contributed by atoms with van der Waals surface area (Å²) in [6.45, 7) is 6.32. The van der Waals surface area contributed by atoms with Gasteiger partial charge in [0.05, 0.1) is 6.54 Å². The number of rotatable bonds is 11. The molecule has 0 unspecified atom stereocenters. The minimum absolute atomic E-state index is 0.539. The summed E-state index contributed by atoms with van der Waals surface area (Å²) in [5.41, 5.74) is 0. The molecule has 1 N–H and O–H groups in total. The maximum atomic E-state index is 12.3. The topological polar surface area (TPSA) is 15.3 Å². The molecule has 0 atom stereocenters. The average Bonchev–Trinajstić information content (AvgIpc) is 2.26. The molecule has 0 aliphatic carbocycles. The molecular formula is C13H27F3N2. The molecule has 5 heteroatoms. The Hall–Kier alpha value is -0.290. The van der Waals surface area contributed by atoms with Gasteiger partial charge in [0.2, 0.25) is 0 Å². The van der Waals surface area contributed by atoms with Crippen LogP contribution in [0, 0.1) is 0 Å². The first-order chi connectivity index (χ1) is 8.49. The van der Waals surface area contributed by atoms with Crippen molar-refractivity contribution in [3.05, 3.63) is 0 Å². The highest BCUT2D eigenvalue weighted by Gasteiger charge is 2.29. The van der Waals surface area contributed by atoms with E-state index in [4.69, 9.17) is 0 Å². The Morgan fingerprint density at radius 1 is 0.944 bits per heavy atom. The van der Waals surface area contributed by atoms with Crippen molar-refractivity contribution in [3.63, 3.8) is 0 Å². The van der Waals surface area contributed by atoms with Crippen molar-refractivity contribution < 1.29 is 13.2 Å². The van der Waals surface area contributed by atoms with Crippen molar-refractivity contribution in [3.8, 4) is 0 Å². The van der Waals surface area contributed by atoms with Gasteiger partial charge in [-0.1, -0.05) is 26.7 Å². The van der Waals surface area contributed by atoms with E-state index in [1.807, 2.05) is 6.92 Å². The quantitative estimate of drug-likeness (QED) is 0.578. The van der Waals surface area contributed by atoms with Gasteiger partial charge in [0, 0.05) is 0 Å². The van der Waals surface area contributed by atoms with Gasteiger partial charge in [0.15, 0.2) is 0 Å². The Labute approximate surface area is 109 Å². The Kier molecular flexibility index (Phi) is 10.4. The molecule has 0 saturated heterocycles. The molecule has 0 fully saturated rings. The molecule has 110 valence electrons. The van der Waals surface area contributed by atoms with Gasteiger partial charge in [-0.05, 0) is 45.4 Å². The molecule has 0 aromatic carbocycles. The van der Waals surface area contributed by atoms with E-state index in [2.05, 4.69) is 12.2 Å². The summed E-state index contributed by atoms with van der Waals surface area (Å²) < 4.78 is 36.9. The predicted octanol–water partition coefficient (Wildman–Crippen LogP) is 3.43. The molecule has 0 spiro atoms. The third-order valence-corrected chi connectivity index (χ3v) is 2.77. The number of hydrogen-bond acceptors (Lipinski definition) is 2. The first-order valence-electron chi connectivity index (χ1n) is 6.99. The summed E-state index contributed by atoms with van der Waals surface area (Å²) in [7, 11) is 0. The van der Waals surface area contributed by atoms with Crippen LogP contribution in [0.2, 0.25) is 0 Å². The molecule has 0 heterocycles. The SMILES string of the molecule is CCCN(CCCCCCNCC)CC(F)(F)F. The number of unbranched alkanes of at least 4 members (excludes halogenated alkanes) is 3. The largest absolute Gasteiger partial charge is 0.401 e. The van der Waals surface area contributed by atoms with Crippen LogP contribution in [0.15, 0.2) is 0 Å². The smallest absolute Gasteiger partial charge is 0.317 e. The van der Waals surface area contributed by atoms with Crippen molar-refractivity contribution in [2.75, 3.05) is 32.7 Å². The van der Waals surface area contributed by atoms with E-state index >= 15 is 0 Å². The van der Waals surface area contributed by atoms with Crippen LogP contribution in [0.4, 0.5) is 13.2 Å². The standard InChI is InChI=1S/C13H27F3N2/c1-3-10-18(12-13(14,15)16)11-8-6-5-7-9-17-4-2/h17H,3-12H2,1-2H3. The third-order valence-electron chi connectivity index (χ3n) is 2.77. The molecule has 0 aromatic rings. The summed E-state index contributed by atoms with van der Waals surface area (Å²) in [5, 5.41) is 3.24. The predicted molar refractivity (Wildman–Crippen MR) is 69.8 cm³/mol. The second-order valence-corrected chi connectivity index (χ2v) is 4.66. The molecule has 0 saturated carbocycles. The highest BCUT2D eigenvalue weighted by Crippen LogP contribution is 2.17. The molecule has 18 heavy (non-hydrogen) atoms. The Balaban J connectivity index is 3.58. The first-order valence-corrected chi connectivity index (χ1v) is 6.99. The van der Waals surface area contributed by atoms with Crippen molar-refractivity contribution >= 4 is 0 Å². The van der Waals surface area contributed by atoms with Crippen molar-refractivity contribution in [1.82, 2.24) is 10.2 Å². The minimum atomic E-state index is -4.07. The monoisotopic (exact) mass is 268 g/mol. The molecule has 2 nitrogen and oxygen atoms in total. The number of nitrogens with one attached hydrogen (secondary N) is 1. The van der Waals surface area contributed by atoms with Gasteiger partial charge in [0.1, 0.15) is 0 Å². The highest BCUT2D eigenvalue weighted by molar-refractivity contribution is 4.63. The van der Waals surface area contributed by atoms with E-state index in [1.165, 1.54) is 4.90 Å². The van der Waals surface area contributed by atoms with E-state index < -0.39 is 12.7 Å². The first kappa shape index (κ1) is 17.7. The molecule has 0 amide bonds. The highest BCUT2D eigenvalue weighted by atomic mass is 19.4. The van der Waals surface area contributed by atoms with Gasteiger partial charge >= 0.3 is 6.18 Å². The Morgan fingerprint density at radius 2 is 1.61 bits per heavy atom. The molecule has 0 aliphatic rings. The number of hydrogen-bond donors (Lipinski definition) is 1. The summed E-state index contributed by atoms with van der Waals surface area (Å²) in [4.78, 5) is 1.52. The lowest BCUT2D eigenvalue weighted by atomic mass is 10.2. The third kappa shape index (κ3) is 12.2. The Morgan fingerprint density at radius 3 is 2.17 bits per heavy atom. The van der Waals surface area contributed by atoms with Gasteiger partial charge in [-0.3, -0.25) is 4.90 Å². The fourth-order valence-electron chi connectivity index (χ4n) is 1.96. The molecule has 0 bridgehead atoms. The second kappa shape index (κ2) is 10.6. The summed E-state index contributed by atoms with van der Waals surface area (Å²) in [6, 6.07) is 0. The van der Waals surface area contributed by atoms with Crippen LogP contribution in [0.1, 0.15) is 46.0 Å². The van der Waals surface area contributed by atoms with Gasteiger partial charge in [-0.2, -0.15) is 13.2 Å². The van der Waals surface area contributed by atoms with Crippen LogP contribution in [0.3, 0.4) is 0 Å². The summed E-state index contributed by atoms with van der Waals surface area (Å²) >= 11 is 0. The van der Waals surface area contributed by atoms with E-state index in [1.54, 1.807) is 0 Å². The molecule has 0 rings (SSSR count). The van der Waals surface area contributed by atoms with Crippen LogP contribution in [0.5, 0.6) is 0 Å². The average molecular weight is 268 g/mol. The fraction of sp³-hybridized carbons (Fsp3) is 1.00. The van der Waals surface area contributed by atoms with Gasteiger partial charge in [-0.25, -0.2) is 0 Å². The maximum Gasteiger partial charge on any atom is 0.401 e. The van der Waals surface area contributed by atoms with Crippen LogP contribution >= 0.6 is 0 Å². The van der Waals surface area contributed by atoms with Crippen LogP contribution in [0.25, 0.3) is 0 Å². The molecule has 0 aromatic heterocycles. The zero-order valence-electron chi connectivity index (χ0n) is 11.7. The molecule has 0 aliphatic heterocycles. The number of nitrogens with zero attached hydrogens (tertiary/aromatic N) is 1. The summed E-state index contributed by atoms with van der Waals surface area (Å²) in [6.07, 6.45) is 0.794. The number of alkyl halides is 3. The van der Waals surface area contributed by atoms with E-state index in [9.17, 15) is 13.2 Å². The minimum Gasteiger partial charge on any atom is -0.317 e. The second-order valence-electron chi connectivity index (χ2n) is 4.66. The molecular weight excluding hydrogens is 241 g/mol. The lowest BCUT2D eigenvalue weighted by Crippen LogP contribution is -2.35. The molecule has 0 radical (unpaired) electrons. The van der Waals surface area contributed by atoms with Crippen LogP contribution in [-0.4, -0.2) is 43.8 Å². The fourth-order valence-corrected chi connectivity index (χ4v) is 1.96. The van der Waals surface area contributed by atoms with Crippen LogP contribution in [-0.2, 0) is 0 Å². The zero-order valence-corrected chi connectivity index (χ0v) is 11.7. The Bertz CT molecular complexity index is 184. The van der Waals surface area contributed by atoms with Gasteiger partial charge in [-0.15, -0.1) is 0 Å². The lowest BCUT2D eigenvalue weighted by Gasteiger charge is -2.22. The van der Waals surface area contributed by atoms with E-state index in [0.29, 0.717) is 13.1 Å². The van der Waals surface area contributed by atoms with Gasteiger partial charge in [0.25, 0.3) is 0 Å². The maximum absolute atomic E-state index is 12.3. The number of halogens is 3. The summed E-state index contributed by atoms with van der Waals surface area (Å²) in [5.74, 6) is 0. The van der Waals surface area contributed by atoms with E-state index in [-0.39, 0.29) is 0 Å². The van der Waals surface area contributed by atoms with Crippen molar-refractivity contribution in [2.24, 2.45) is 0 Å². The van der Waals surface area contributed by atoms with Crippen LogP contribution < -0.4 is 5.32 Å². The van der Waals surface area contributed by atoms with Gasteiger partial charge < -0.3 is 5.32 Å². The van der Waals surface area contributed by atoms with Crippen molar-refractivity contribution in [2.45, 2.75) is 52.1 Å².